The maximum Gasteiger partial charge on any atom is 0.310 e. The van der Waals surface area contributed by atoms with Gasteiger partial charge in [-0.2, -0.15) is 0 Å². The van der Waals surface area contributed by atoms with E-state index < -0.39 is 12.1 Å². The summed E-state index contributed by atoms with van der Waals surface area (Å²) >= 11 is 0. The van der Waals surface area contributed by atoms with Crippen LogP contribution in [0.4, 0.5) is 0 Å². The first-order chi connectivity index (χ1) is 10.6. The van der Waals surface area contributed by atoms with Gasteiger partial charge in [-0.15, -0.1) is 0 Å². The molecule has 1 aromatic rings. The molecule has 1 amide bonds. The van der Waals surface area contributed by atoms with Gasteiger partial charge in [0.25, 0.3) is 5.91 Å². The van der Waals surface area contributed by atoms with Gasteiger partial charge in [0.2, 0.25) is 0 Å². The van der Waals surface area contributed by atoms with E-state index in [4.69, 9.17) is 14.2 Å². The first-order valence-corrected chi connectivity index (χ1v) is 7.35. The van der Waals surface area contributed by atoms with Crippen molar-refractivity contribution >= 4 is 11.9 Å². The second-order valence-corrected chi connectivity index (χ2v) is 5.19. The number of hydrogen-bond acceptors (Lipinski definition) is 5. The minimum absolute atomic E-state index is 0.0904. The third-order valence-electron chi connectivity index (χ3n) is 3.24. The molecule has 0 bridgehead atoms. The Morgan fingerprint density at radius 1 is 1.23 bits per heavy atom. The molecule has 0 saturated heterocycles. The molecule has 0 heterocycles. The number of carbonyl (C=O) groups excluding carboxylic acids is 2. The van der Waals surface area contributed by atoms with Crippen LogP contribution in [0.5, 0.6) is 11.5 Å². The second-order valence-electron chi connectivity index (χ2n) is 5.19. The van der Waals surface area contributed by atoms with Gasteiger partial charge >= 0.3 is 5.97 Å². The molecule has 1 aliphatic carbocycles. The molecular weight excluding hydrogens is 286 g/mol. The summed E-state index contributed by atoms with van der Waals surface area (Å²) in [4.78, 5) is 23.3. The van der Waals surface area contributed by atoms with E-state index in [2.05, 4.69) is 5.32 Å². The fourth-order valence-corrected chi connectivity index (χ4v) is 1.78. The number of ether oxygens (including phenoxy) is 3. The molecule has 0 aromatic heterocycles. The van der Waals surface area contributed by atoms with Crippen LogP contribution >= 0.6 is 0 Å². The van der Waals surface area contributed by atoms with Crippen molar-refractivity contribution < 1.29 is 23.8 Å². The van der Waals surface area contributed by atoms with Crippen molar-refractivity contribution in [2.45, 2.75) is 38.3 Å². The Balaban J connectivity index is 1.64. The van der Waals surface area contributed by atoms with Crippen LogP contribution in [0.1, 0.15) is 26.2 Å². The average molecular weight is 307 g/mol. The molecule has 1 aromatic carbocycles. The largest absolute Gasteiger partial charge is 0.497 e. The topological polar surface area (TPSA) is 73.9 Å². The Bertz CT molecular complexity index is 510. The predicted octanol–water partition coefficient (Wildman–Crippen LogP) is 1.67. The summed E-state index contributed by atoms with van der Waals surface area (Å²) in [5, 5.41) is 2.79. The van der Waals surface area contributed by atoms with E-state index in [1.807, 2.05) is 0 Å². The van der Waals surface area contributed by atoms with E-state index in [-0.39, 0.29) is 25.0 Å². The van der Waals surface area contributed by atoms with Crippen LogP contribution in [-0.2, 0) is 14.3 Å². The number of amides is 1. The first kappa shape index (κ1) is 16.1. The molecule has 0 spiro atoms. The lowest BCUT2D eigenvalue weighted by Gasteiger charge is -2.13. The molecule has 22 heavy (non-hydrogen) atoms. The molecule has 1 fully saturated rings. The van der Waals surface area contributed by atoms with E-state index in [1.54, 1.807) is 38.3 Å². The summed E-state index contributed by atoms with van der Waals surface area (Å²) in [6.45, 7) is 1.77. The third-order valence-corrected chi connectivity index (χ3v) is 3.24. The monoisotopic (exact) mass is 307 g/mol. The van der Waals surface area contributed by atoms with Gasteiger partial charge in [-0.05, 0) is 44.0 Å². The molecule has 0 aliphatic heterocycles. The van der Waals surface area contributed by atoms with Crippen molar-refractivity contribution in [3.05, 3.63) is 24.3 Å². The average Bonchev–Trinajstić information content (AvgIpc) is 3.31. The summed E-state index contributed by atoms with van der Waals surface area (Å²) in [7, 11) is 1.59. The lowest BCUT2D eigenvalue weighted by atomic mass is 10.3. The van der Waals surface area contributed by atoms with Crippen molar-refractivity contribution in [2.24, 2.45) is 0 Å². The van der Waals surface area contributed by atoms with Gasteiger partial charge in [-0.1, -0.05) is 0 Å². The van der Waals surface area contributed by atoms with Gasteiger partial charge in [0, 0.05) is 6.04 Å². The Labute approximate surface area is 129 Å². The molecule has 6 nitrogen and oxygen atoms in total. The summed E-state index contributed by atoms with van der Waals surface area (Å²) in [5.41, 5.74) is 0. The van der Waals surface area contributed by atoms with E-state index in [9.17, 15) is 9.59 Å². The van der Waals surface area contributed by atoms with Gasteiger partial charge < -0.3 is 19.5 Å². The second kappa shape index (κ2) is 7.68. The molecule has 2 rings (SSSR count). The predicted molar refractivity (Wildman–Crippen MR) is 79.8 cm³/mol. The number of esters is 1. The van der Waals surface area contributed by atoms with Crippen LogP contribution in [-0.4, -0.2) is 37.7 Å². The van der Waals surface area contributed by atoms with Crippen LogP contribution in [0.15, 0.2) is 24.3 Å². The number of benzene rings is 1. The Hall–Kier alpha value is -2.24. The molecule has 1 atom stereocenters. The van der Waals surface area contributed by atoms with Crippen LogP contribution in [0.2, 0.25) is 0 Å². The van der Waals surface area contributed by atoms with Gasteiger partial charge in [0.15, 0.2) is 6.10 Å². The fourth-order valence-electron chi connectivity index (χ4n) is 1.78. The van der Waals surface area contributed by atoms with Crippen molar-refractivity contribution in [1.29, 1.82) is 0 Å². The van der Waals surface area contributed by atoms with Gasteiger partial charge in [-0.25, -0.2) is 0 Å². The standard InChI is InChI=1S/C16H21NO5/c1-11(16(19)17-12-3-4-12)22-15(18)9-10-21-14-7-5-13(20-2)6-8-14/h5-8,11-12H,3-4,9-10H2,1-2H3,(H,17,19). The quantitative estimate of drug-likeness (QED) is 0.740. The van der Waals surface area contributed by atoms with Crippen molar-refractivity contribution in [1.82, 2.24) is 5.32 Å². The molecule has 0 radical (unpaired) electrons. The van der Waals surface area contributed by atoms with Crippen LogP contribution in [0.3, 0.4) is 0 Å². The molecule has 1 aliphatic rings. The van der Waals surface area contributed by atoms with Crippen molar-refractivity contribution in [3.8, 4) is 11.5 Å². The maximum atomic E-state index is 11.7. The Morgan fingerprint density at radius 2 is 1.86 bits per heavy atom. The highest BCUT2D eigenvalue weighted by atomic mass is 16.5. The van der Waals surface area contributed by atoms with Crippen molar-refractivity contribution in [3.63, 3.8) is 0 Å². The van der Waals surface area contributed by atoms with Gasteiger partial charge in [0.1, 0.15) is 11.5 Å². The minimum Gasteiger partial charge on any atom is -0.497 e. The summed E-state index contributed by atoms with van der Waals surface area (Å²) in [6, 6.07) is 7.33. The summed E-state index contributed by atoms with van der Waals surface area (Å²) in [5.74, 6) is 0.689. The summed E-state index contributed by atoms with van der Waals surface area (Å²) in [6.07, 6.45) is 1.33. The SMILES string of the molecule is COc1ccc(OCCC(=O)OC(C)C(=O)NC2CC2)cc1. The minimum atomic E-state index is -0.769. The lowest BCUT2D eigenvalue weighted by Crippen LogP contribution is -2.37. The lowest BCUT2D eigenvalue weighted by molar-refractivity contribution is -0.155. The highest BCUT2D eigenvalue weighted by molar-refractivity contribution is 5.83. The highest BCUT2D eigenvalue weighted by Gasteiger charge is 2.27. The normalized spacial score (nSPS) is 14.8. The molecule has 1 saturated carbocycles. The van der Waals surface area contributed by atoms with Crippen molar-refractivity contribution in [2.75, 3.05) is 13.7 Å². The van der Waals surface area contributed by atoms with Crippen LogP contribution in [0, 0.1) is 0 Å². The number of carbonyl (C=O) groups is 2. The third kappa shape index (κ3) is 5.27. The van der Waals surface area contributed by atoms with Crippen LogP contribution in [0.25, 0.3) is 0 Å². The molecule has 6 heteroatoms. The number of nitrogens with one attached hydrogen (secondary N) is 1. The van der Waals surface area contributed by atoms with Gasteiger partial charge in [-0.3, -0.25) is 9.59 Å². The fraction of sp³-hybridized carbons (Fsp3) is 0.500. The molecular formula is C16H21NO5. The number of hydrogen-bond donors (Lipinski definition) is 1. The number of methoxy groups -OCH3 is 1. The van der Waals surface area contributed by atoms with Gasteiger partial charge in [0.05, 0.1) is 20.1 Å². The van der Waals surface area contributed by atoms with E-state index in [0.29, 0.717) is 5.75 Å². The summed E-state index contributed by atoms with van der Waals surface area (Å²) < 4.78 is 15.5. The highest BCUT2D eigenvalue weighted by Crippen LogP contribution is 2.19. The molecule has 1 N–H and O–H groups in total. The van der Waals surface area contributed by atoms with E-state index >= 15 is 0 Å². The smallest absolute Gasteiger partial charge is 0.310 e. The zero-order valence-electron chi connectivity index (χ0n) is 12.8. The zero-order chi connectivity index (χ0) is 15.9. The van der Waals surface area contributed by atoms with Crippen LogP contribution < -0.4 is 14.8 Å². The Morgan fingerprint density at radius 3 is 2.45 bits per heavy atom. The molecule has 120 valence electrons. The zero-order valence-corrected chi connectivity index (χ0v) is 12.8. The number of rotatable bonds is 8. The maximum absolute atomic E-state index is 11.7. The Kier molecular flexibility index (Phi) is 5.63. The first-order valence-electron chi connectivity index (χ1n) is 7.35. The van der Waals surface area contributed by atoms with E-state index in [1.165, 1.54) is 0 Å². The van der Waals surface area contributed by atoms with E-state index in [0.717, 1.165) is 18.6 Å². The molecule has 1 unspecified atom stereocenters.